The fraction of sp³-hybridized carbons (Fsp3) is 0.217. The van der Waals surface area contributed by atoms with E-state index in [4.69, 9.17) is 11.3 Å². The van der Waals surface area contributed by atoms with Crippen molar-refractivity contribution in [3.05, 3.63) is 77.4 Å². The molecule has 4 nitrogen and oxygen atoms in total. The van der Waals surface area contributed by atoms with Crippen LogP contribution in [0.25, 0.3) is 27.1 Å². The molecular weight excluding hydrogens is 336 g/mol. The molecule has 0 unspecified atom stereocenters. The lowest BCUT2D eigenvalue weighted by Gasteiger charge is -2.09. The van der Waals surface area contributed by atoms with E-state index in [1.54, 1.807) is 11.5 Å². The molecule has 0 N–H and O–H groups in total. The van der Waals surface area contributed by atoms with Crippen molar-refractivity contribution < 1.29 is 9.53 Å². The second-order valence-corrected chi connectivity index (χ2v) is 6.21. The third-order valence-electron chi connectivity index (χ3n) is 4.68. The van der Waals surface area contributed by atoms with Gasteiger partial charge in [0.1, 0.15) is 5.69 Å². The molecule has 3 rings (SSSR count). The highest BCUT2D eigenvalue weighted by atomic mass is 16.5. The third kappa shape index (κ3) is 3.37. The molecule has 0 aliphatic carbocycles. The highest BCUT2D eigenvalue weighted by Gasteiger charge is 2.26. The molecule has 0 amide bonds. The highest BCUT2D eigenvalue weighted by molar-refractivity contribution is 6.01. The summed E-state index contributed by atoms with van der Waals surface area (Å²) in [5, 5.41) is 0. The van der Waals surface area contributed by atoms with Crippen molar-refractivity contribution in [2.75, 3.05) is 6.61 Å². The van der Waals surface area contributed by atoms with Gasteiger partial charge in [-0.3, -0.25) is 0 Å². The lowest BCUT2D eigenvalue weighted by molar-refractivity contribution is 0.0516. The van der Waals surface area contributed by atoms with Gasteiger partial charge in [-0.2, -0.15) is 0 Å². The molecule has 0 aliphatic rings. The van der Waals surface area contributed by atoms with Gasteiger partial charge >= 0.3 is 5.97 Å². The standard InChI is InChI=1S/C23H22N2O2/c1-5-19-21(24-3)20(22(25(19)4)23(26)27-6-2)18-14-12-17(13-15-18)16-10-8-7-9-11-16/h7-15H,5-6H2,1-2,4H3. The minimum Gasteiger partial charge on any atom is -0.461 e. The second-order valence-electron chi connectivity index (χ2n) is 6.21. The lowest BCUT2D eigenvalue weighted by atomic mass is 9.99. The van der Waals surface area contributed by atoms with Crippen molar-refractivity contribution in [1.82, 2.24) is 4.57 Å². The van der Waals surface area contributed by atoms with Crippen molar-refractivity contribution in [3.8, 4) is 22.3 Å². The second kappa shape index (κ2) is 7.92. The average Bonchev–Trinajstić information content (AvgIpc) is 3.00. The van der Waals surface area contributed by atoms with Crippen molar-refractivity contribution in [1.29, 1.82) is 0 Å². The van der Waals surface area contributed by atoms with E-state index in [-0.39, 0.29) is 0 Å². The van der Waals surface area contributed by atoms with Crippen LogP contribution in [-0.4, -0.2) is 17.1 Å². The van der Waals surface area contributed by atoms with Gasteiger partial charge in [0.15, 0.2) is 0 Å². The van der Waals surface area contributed by atoms with Crippen LogP contribution in [0, 0.1) is 6.57 Å². The van der Waals surface area contributed by atoms with Crippen LogP contribution in [0.4, 0.5) is 5.69 Å². The van der Waals surface area contributed by atoms with Crippen LogP contribution in [0.15, 0.2) is 54.6 Å². The van der Waals surface area contributed by atoms with Gasteiger partial charge < -0.3 is 9.30 Å². The molecule has 0 atom stereocenters. The van der Waals surface area contributed by atoms with Gasteiger partial charge in [-0.05, 0) is 30.0 Å². The number of carbonyl (C=O) groups is 1. The normalized spacial score (nSPS) is 10.4. The number of hydrogen-bond donors (Lipinski definition) is 0. The summed E-state index contributed by atoms with van der Waals surface area (Å²) in [6.45, 7) is 11.7. The first-order valence-corrected chi connectivity index (χ1v) is 9.04. The third-order valence-corrected chi connectivity index (χ3v) is 4.68. The van der Waals surface area contributed by atoms with E-state index < -0.39 is 5.97 Å². The maximum Gasteiger partial charge on any atom is 0.354 e. The van der Waals surface area contributed by atoms with E-state index in [9.17, 15) is 4.79 Å². The zero-order valence-electron chi connectivity index (χ0n) is 15.8. The molecule has 0 saturated heterocycles. The van der Waals surface area contributed by atoms with Gasteiger partial charge in [0.25, 0.3) is 0 Å². The van der Waals surface area contributed by atoms with Crippen molar-refractivity contribution in [3.63, 3.8) is 0 Å². The fourth-order valence-electron chi connectivity index (χ4n) is 3.41. The number of esters is 1. The van der Waals surface area contributed by atoms with E-state index in [2.05, 4.69) is 17.0 Å². The molecule has 1 heterocycles. The SMILES string of the molecule is [C-]#[N+]c1c(-c2ccc(-c3ccccc3)cc2)c(C(=O)OCC)n(C)c1CC. The first-order chi connectivity index (χ1) is 13.1. The smallest absolute Gasteiger partial charge is 0.354 e. The maximum atomic E-state index is 12.6. The summed E-state index contributed by atoms with van der Waals surface area (Å²) in [5.41, 5.74) is 5.52. The Morgan fingerprint density at radius 3 is 2.15 bits per heavy atom. The molecule has 1 aromatic heterocycles. The van der Waals surface area contributed by atoms with Crippen LogP contribution in [0.1, 0.15) is 30.0 Å². The summed E-state index contributed by atoms with van der Waals surface area (Å²) >= 11 is 0. The number of rotatable bonds is 5. The largest absolute Gasteiger partial charge is 0.461 e. The molecule has 4 heteroatoms. The zero-order valence-corrected chi connectivity index (χ0v) is 15.8. The topological polar surface area (TPSA) is 35.6 Å². The number of hydrogen-bond acceptors (Lipinski definition) is 2. The first kappa shape index (κ1) is 18.5. The number of benzene rings is 2. The number of carbonyl (C=O) groups excluding carboxylic acids is 1. The zero-order chi connectivity index (χ0) is 19.4. The molecule has 0 bridgehead atoms. The summed E-state index contributed by atoms with van der Waals surface area (Å²) in [4.78, 5) is 16.3. The molecular formula is C23H22N2O2. The molecule has 27 heavy (non-hydrogen) atoms. The Labute approximate surface area is 159 Å². The Morgan fingerprint density at radius 2 is 1.59 bits per heavy atom. The quantitative estimate of drug-likeness (QED) is 0.436. The first-order valence-electron chi connectivity index (χ1n) is 9.04. The van der Waals surface area contributed by atoms with Crippen LogP contribution in [0.2, 0.25) is 0 Å². The van der Waals surface area contributed by atoms with Gasteiger partial charge in [-0.25, -0.2) is 9.64 Å². The average molecular weight is 358 g/mol. The van der Waals surface area contributed by atoms with Crippen LogP contribution in [0.3, 0.4) is 0 Å². The van der Waals surface area contributed by atoms with E-state index >= 15 is 0 Å². The van der Waals surface area contributed by atoms with Crippen molar-refractivity contribution in [2.24, 2.45) is 7.05 Å². The van der Waals surface area contributed by atoms with Crippen LogP contribution >= 0.6 is 0 Å². The summed E-state index contributed by atoms with van der Waals surface area (Å²) in [6, 6.07) is 18.1. The Hall–Kier alpha value is -3.32. The minimum atomic E-state index is -0.397. The molecule has 3 aromatic rings. The van der Waals surface area contributed by atoms with Gasteiger partial charge in [0.05, 0.1) is 13.2 Å². The number of ether oxygens (including phenoxy) is 1. The predicted molar refractivity (Wildman–Crippen MR) is 108 cm³/mol. The van der Waals surface area contributed by atoms with E-state index in [0.29, 0.717) is 30.0 Å². The molecule has 0 spiro atoms. The molecule has 0 saturated carbocycles. The Morgan fingerprint density at radius 1 is 1.00 bits per heavy atom. The van der Waals surface area contributed by atoms with Crippen LogP contribution < -0.4 is 0 Å². The monoisotopic (exact) mass is 358 g/mol. The lowest BCUT2D eigenvalue weighted by Crippen LogP contribution is -2.12. The summed E-state index contributed by atoms with van der Waals surface area (Å²) in [6.07, 6.45) is 0.669. The highest BCUT2D eigenvalue weighted by Crippen LogP contribution is 2.40. The summed E-state index contributed by atoms with van der Waals surface area (Å²) in [7, 11) is 1.82. The number of nitrogens with zero attached hydrogens (tertiary/aromatic N) is 2. The van der Waals surface area contributed by atoms with E-state index in [1.807, 2.05) is 56.4 Å². The van der Waals surface area contributed by atoms with Crippen molar-refractivity contribution in [2.45, 2.75) is 20.3 Å². The van der Waals surface area contributed by atoms with Gasteiger partial charge in [0.2, 0.25) is 5.69 Å². The molecule has 2 aromatic carbocycles. The molecule has 0 aliphatic heterocycles. The Balaban J connectivity index is 2.15. The van der Waals surface area contributed by atoms with Gasteiger partial charge in [-0.15, -0.1) is 0 Å². The molecule has 136 valence electrons. The minimum absolute atomic E-state index is 0.297. The predicted octanol–water partition coefficient (Wildman–Crippen LogP) is 5.65. The van der Waals surface area contributed by atoms with Crippen LogP contribution in [0.5, 0.6) is 0 Å². The van der Waals surface area contributed by atoms with E-state index in [1.165, 1.54) is 0 Å². The Bertz CT molecular complexity index is 994. The Kier molecular flexibility index (Phi) is 5.42. The van der Waals surface area contributed by atoms with Gasteiger partial charge in [0, 0.05) is 18.3 Å². The van der Waals surface area contributed by atoms with Crippen LogP contribution in [-0.2, 0) is 18.2 Å². The van der Waals surface area contributed by atoms with E-state index in [0.717, 1.165) is 22.4 Å². The fourth-order valence-corrected chi connectivity index (χ4v) is 3.41. The molecule has 0 fully saturated rings. The number of aromatic nitrogens is 1. The van der Waals surface area contributed by atoms with Crippen molar-refractivity contribution >= 4 is 11.7 Å². The summed E-state index contributed by atoms with van der Waals surface area (Å²) < 4.78 is 7.06. The summed E-state index contributed by atoms with van der Waals surface area (Å²) in [5.74, 6) is -0.397. The molecule has 0 radical (unpaired) electrons. The maximum absolute atomic E-state index is 12.6. The van der Waals surface area contributed by atoms with Gasteiger partial charge in [-0.1, -0.05) is 61.5 Å².